The van der Waals surface area contributed by atoms with Crippen molar-refractivity contribution < 1.29 is 0 Å². The van der Waals surface area contributed by atoms with Crippen molar-refractivity contribution in [3.05, 3.63) is 41.9 Å². The van der Waals surface area contributed by atoms with E-state index in [2.05, 4.69) is 45.4 Å². The summed E-state index contributed by atoms with van der Waals surface area (Å²) in [6.07, 6.45) is 1.52. The smallest absolute Gasteiger partial charge is 0.150 e. The number of hydrogen-bond donors (Lipinski definition) is 1. The van der Waals surface area contributed by atoms with Crippen LogP contribution in [-0.2, 0) is 0 Å². The van der Waals surface area contributed by atoms with Gasteiger partial charge in [0.2, 0.25) is 0 Å². The molecule has 0 aliphatic rings. The number of aromatic nitrogens is 3. The molecule has 0 saturated heterocycles. The third kappa shape index (κ3) is 1.93. The Balaban J connectivity index is 2.42. The Morgan fingerprint density at radius 2 is 1.81 bits per heavy atom. The first-order valence-electron chi connectivity index (χ1n) is 6.87. The van der Waals surface area contributed by atoms with Crippen molar-refractivity contribution >= 4 is 22.5 Å². The molecular weight excluding hydrogens is 262 g/mol. The first-order chi connectivity index (χ1) is 10.0. The quantitative estimate of drug-likeness (QED) is 0.784. The van der Waals surface area contributed by atoms with Crippen molar-refractivity contribution in [3.8, 4) is 5.69 Å². The fraction of sp³-hybridized carbons (Fsp3) is 0.250. The largest absolute Gasteiger partial charge is 0.383 e. The van der Waals surface area contributed by atoms with E-state index in [1.807, 2.05) is 26.2 Å². The van der Waals surface area contributed by atoms with Gasteiger partial charge in [0.1, 0.15) is 12.1 Å². The highest BCUT2D eigenvalue weighted by atomic mass is 15.1. The Morgan fingerprint density at radius 1 is 1.10 bits per heavy atom. The average Bonchev–Trinajstić information content (AvgIpc) is 2.72. The van der Waals surface area contributed by atoms with Gasteiger partial charge in [-0.25, -0.2) is 9.97 Å². The van der Waals surface area contributed by atoms with Gasteiger partial charge in [-0.1, -0.05) is 12.1 Å². The molecule has 3 aromatic rings. The van der Waals surface area contributed by atoms with Crippen molar-refractivity contribution in [2.75, 3.05) is 24.7 Å². The Kier molecular flexibility index (Phi) is 3.05. The van der Waals surface area contributed by atoms with Crippen LogP contribution in [0, 0.1) is 13.8 Å². The van der Waals surface area contributed by atoms with Crippen LogP contribution in [0.2, 0.25) is 0 Å². The number of aryl methyl sites for hydroxylation is 1. The Bertz CT molecular complexity index is 817. The van der Waals surface area contributed by atoms with E-state index in [1.54, 1.807) is 0 Å². The monoisotopic (exact) mass is 281 g/mol. The zero-order chi connectivity index (χ0) is 15.1. The summed E-state index contributed by atoms with van der Waals surface area (Å²) in [7, 11) is 4.08. The number of nitrogens with zero attached hydrogens (tertiary/aromatic N) is 4. The fourth-order valence-electron chi connectivity index (χ4n) is 2.75. The van der Waals surface area contributed by atoms with E-state index in [-0.39, 0.29) is 0 Å². The van der Waals surface area contributed by atoms with Gasteiger partial charge in [-0.3, -0.25) is 4.57 Å². The molecule has 21 heavy (non-hydrogen) atoms. The molecule has 0 saturated carbocycles. The fourth-order valence-corrected chi connectivity index (χ4v) is 2.75. The second-order valence-corrected chi connectivity index (χ2v) is 5.39. The highest BCUT2D eigenvalue weighted by Gasteiger charge is 2.18. The topological polar surface area (TPSA) is 60.0 Å². The molecule has 3 rings (SSSR count). The lowest BCUT2D eigenvalue weighted by Crippen LogP contribution is -2.12. The molecule has 0 fully saturated rings. The van der Waals surface area contributed by atoms with Gasteiger partial charge in [-0.2, -0.15) is 0 Å². The minimum atomic E-state index is 0.529. The lowest BCUT2D eigenvalue weighted by molar-refractivity contribution is 0.994. The molecule has 0 radical (unpaired) electrons. The van der Waals surface area contributed by atoms with Crippen LogP contribution >= 0.6 is 0 Å². The maximum Gasteiger partial charge on any atom is 0.150 e. The van der Waals surface area contributed by atoms with Gasteiger partial charge in [-0.15, -0.1) is 0 Å². The number of para-hydroxylation sites is 2. The third-order valence-electron chi connectivity index (χ3n) is 3.93. The van der Waals surface area contributed by atoms with Crippen molar-refractivity contribution in [3.63, 3.8) is 0 Å². The van der Waals surface area contributed by atoms with Gasteiger partial charge in [0.15, 0.2) is 5.65 Å². The molecule has 5 heteroatoms. The number of fused-ring (bicyclic) bond motifs is 1. The molecule has 0 unspecified atom stereocenters. The van der Waals surface area contributed by atoms with Gasteiger partial charge >= 0.3 is 0 Å². The van der Waals surface area contributed by atoms with Gasteiger partial charge in [0.25, 0.3) is 0 Å². The summed E-state index contributed by atoms with van der Waals surface area (Å²) in [6, 6.07) is 8.27. The molecule has 2 N–H and O–H groups in total. The zero-order valence-electron chi connectivity index (χ0n) is 12.8. The maximum atomic E-state index is 6.04. The molecule has 0 bridgehead atoms. The van der Waals surface area contributed by atoms with Crippen LogP contribution in [0.3, 0.4) is 0 Å². The van der Waals surface area contributed by atoms with E-state index in [0.29, 0.717) is 5.82 Å². The first-order valence-corrected chi connectivity index (χ1v) is 6.87. The highest BCUT2D eigenvalue weighted by molar-refractivity contribution is 5.92. The van der Waals surface area contributed by atoms with Crippen molar-refractivity contribution in [1.29, 1.82) is 0 Å². The van der Waals surface area contributed by atoms with E-state index in [0.717, 1.165) is 33.7 Å². The number of hydrogen-bond acceptors (Lipinski definition) is 4. The van der Waals surface area contributed by atoms with E-state index in [1.165, 1.54) is 6.33 Å². The zero-order valence-corrected chi connectivity index (χ0v) is 12.8. The summed E-state index contributed by atoms with van der Waals surface area (Å²) in [5, 5.41) is 0.934. The molecule has 2 heterocycles. The second kappa shape index (κ2) is 4.77. The van der Waals surface area contributed by atoms with Crippen LogP contribution in [0.5, 0.6) is 0 Å². The molecule has 0 atom stereocenters. The normalized spacial score (nSPS) is 11.0. The van der Waals surface area contributed by atoms with E-state index in [9.17, 15) is 0 Å². The van der Waals surface area contributed by atoms with Crippen LogP contribution in [0.1, 0.15) is 11.3 Å². The number of benzene rings is 1. The summed E-state index contributed by atoms with van der Waals surface area (Å²) in [5.41, 5.74) is 11.4. The van der Waals surface area contributed by atoms with Crippen LogP contribution in [0.25, 0.3) is 16.7 Å². The first kappa shape index (κ1) is 13.4. The van der Waals surface area contributed by atoms with Gasteiger partial charge in [0, 0.05) is 19.8 Å². The molecule has 0 aliphatic carbocycles. The minimum Gasteiger partial charge on any atom is -0.383 e. The molecule has 2 aromatic heterocycles. The Labute approximate surface area is 124 Å². The highest BCUT2D eigenvalue weighted by Crippen LogP contribution is 2.33. The molecule has 0 amide bonds. The minimum absolute atomic E-state index is 0.529. The number of rotatable bonds is 2. The lowest BCUT2D eigenvalue weighted by Gasteiger charge is -2.19. The molecule has 5 nitrogen and oxygen atoms in total. The van der Waals surface area contributed by atoms with Gasteiger partial charge in [0.05, 0.1) is 16.8 Å². The Morgan fingerprint density at radius 3 is 2.52 bits per heavy atom. The molecular formula is C16H19N5. The summed E-state index contributed by atoms with van der Waals surface area (Å²) in [5.74, 6) is 0.529. The number of anilines is 2. The second-order valence-electron chi connectivity index (χ2n) is 5.39. The maximum absolute atomic E-state index is 6.04. The van der Waals surface area contributed by atoms with Crippen LogP contribution in [0.15, 0.2) is 30.6 Å². The summed E-state index contributed by atoms with van der Waals surface area (Å²) in [6.45, 7) is 4.15. The predicted octanol–water partition coefficient (Wildman–Crippen LogP) is 2.69. The molecule has 1 aromatic carbocycles. The summed E-state index contributed by atoms with van der Waals surface area (Å²) < 4.78 is 2.15. The van der Waals surface area contributed by atoms with Crippen LogP contribution in [0.4, 0.5) is 11.5 Å². The molecule has 108 valence electrons. The summed E-state index contributed by atoms with van der Waals surface area (Å²) in [4.78, 5) is 10.7. The standard InChI is InChI=1S/C16H19N5/c1-10-11(2)21(16-14(10)15(17)18-9-19-16)13-8-6-5-7-12(13)20(3)4/h5-9H,1-4H3,(H2,17,18,19). The molecule has 0 spiro atoms. The SMILES string of the molecule is Cc1c(C)n(-c2ccccc2N(C)C)c2ncnc(N)c12. The summed E-state index contributed by atoms with van der Waals surface area (Å²) >= 11 is 0. The van der Waals surface area contributed by atoms with Crippen molar-refractivity contribution in [2.45, 2.75) is 13.8 Å². The van der Waals surface area contributed by atoms with E-state index >= 15 is 0 Å². The number of nitrogens with two attached hydrogens (primary N) is 1. The average molecular weight is 281 g/mol. The van der Waals surface area contributed by atoms with Crippen LogP contribution < -0.4 is 10.6 Å². The lowest BCUT2D eigenvalue weighted by atomic mass is 10.2. The van der Waals surface area contributed by atoms with E-state index in [4.69, 9.17) is 5.73 Å². The molecule has 0 aliphatic heterocycles. The van der Waals surface area contributed by atoms with Crippen LogP contribution in [-0.4, -0.2) is 28.6 Å². The third-order valence-corrected chi connectivity index (χ3v) is 3.93. The van der Waals surface area contributed by atoms with E-state index < -0.39 is 0 Å². The number of nitrogen functional groups attached to an aromatic ring is 1. The van der Waals surface area contributed by atoms with Crippen molar-refractivity contribution in [2.24, 2.45) is 0 Å². The van der Waals surface area contributed by atoms with Gasteiger partial charge in [-0.05, 0) is 31.5 Å². The Hall–Kier alpha value is -2.56. The van der Waals surface area contributed by atoms with Crippen molar-refractivity contribution in [1.82, 2.24) is 14.5 Å². The van der Waals surface area contributed by atoms with Gasteiger partial charge < -0.3 is 10.6 Å². The predicted molar refractivity (Wildman–Crippen MR) is 87.1 cm³/mol.